The second-order valence-corrected chi connectivity index (χ2v) is 6.17. The summed E-state index contributed by atoms with van der Waals surface area (Å²) in [5.74, 6) is 1.80. The summed E-state index contributed by atoms with van der Waals surface area (Å²) >= 11 is 0. The molecule has 0 spiro atoms. The topological polar surface area (TPSA) is 58.1 Å². The number of hydrogen-bond donors (Lipinski definition) is 1. The molecule has 1 aromatic heterocycles. The molecule has 1 unspecified atom stereocenters. The van der Waals surface area contributed by atoms with Crippen LogP contribution in [0.25, 0.3) is 0 Å². The number of piperidine rings is 1. The van der Waals surface area contributed by atoms with Crippen molar-refractivity contribution in [2.24, 2.45) is 5.92 Å². The summed E-state index contributed by atoms with van der Waals surface area (Å²) in [4.78, 5) is 14.1. The number of anilines is 2. The first kappa shape index (κ1) is 15.7. The molecule has 1 N–H and O–H groups in total. The van der Waals surface area contributed by atoms with Gasteiger partial charge in [-0.1, -0.05) is 20.8 Å². The molecule has 21 heavy (non-hydrogen) atoms. The normalized spacial score (nSPS) is 18.9. The van der Waals surface area contributed by atoms with Crippen LogP contribution in [0.5, 0.6) is 0 Å². The molecule has 0 saturated carbocycles. The van der Waals surface area contributed by atoms with Crippen LogP contribution in [0, 0.1) is 5.92 Å². The molecule has 1 fully saturated rings. The van der Waals surface area contributed by atoms with E-state index in [4.69, 9.17) is 0 Å². The first-order valence-corrected chi connectivity index (χ1v) is 8.00. The number of carbonyl (C=O) groups excluding carboxylic acids is 1. The Hall–Kier alpha value is -1.65. The summed E-state index contributed by atoms with van der Waals surface area (Å²) in [6, 6.07) is 4.38. The molecule has 1 aliphatic heterocycles. The molecule has 5 nitrogen and oxygen atoms in total. The van der Waals surface area contributed by atoms with Crippen molar-refractivity contribution in [3.63, 3.8) is 0 Å². The van der Waals surface area contributed by atoms with E-state index in [-0.39, 0.29) is 5.91 Å². The Kier molecular flexibility index (Phi) is 5.53. The predicted molar refractivity (Wildman–Crippen MR) is 85.4 cm³/mol. The van der Waals surface area contributed by atoms with Gasteiger partial charge in [-0.05, 0) is 43.7 Å². The average Bonchev–Trinajstić information content (AvgIpc) is 2.47. The molecule has 5 heteroatoms. The van der Waals surface area contributed by atoms with Crippen LogP contribution < -0.4 is 10.2 Å². The van der Waals surface area contributed by atoms with Crippen molar-refractivity contribution < 1.29 is 4.79 Å². The van der Waals surface area contributed by atoms with Gasteiger partial charge in [-0.2, -0.15) is 0 Å². The van der Waals surface area contributed by atoms with Crippen LogP contribution in [0.4, 0.5) is 11.6 Å². The van der Waals surface area contributed by atoms with Gasteiger partial charge in [0.25, 0.3) is 0 Å². The Bertz CT molecular complexity index is 458. The number of nitrogens with one attached hydrogen (secondary N) is 1. The maximum Gasteiger partial charge on any atom is 0.225 e. The van der Waals surface area contributed by atoms with Crippen LogP contribution in [0.2, 0.25) is 0 Å². The van der Waals surface area contributed by atoms with Crippen molar-refractivity contribution >= 4 is 17.5 Å². The van der Waals surface area contributed by atoms with Gasteiger partial charge in [-0.3, -0.25) is 4.79 Å². The third-order valence-electron chi connectivity index (χ3n) is 3.90. The first-order chi connectivity index (χ1) is 10.1. The van der Waals surface area contributed by atoms with E-state index in [1.54, 1.807) is 0 Å². The van der Waals surface area contributed by atoms with E-state index in [1.807, 2.05) is 26.0 Å². The van der Waals surface area contributed by atoms with Gasteiger partial charge in [0.15, 0.2) is 11.6 Å². The van der Waals surface area contributed by atoms with E-state index in [9.17, 15) is 4.79 Å². The van der Waals surface area contributed by atoms with Crippen molar-refractivity contribution in [2.45, 2.75) is 58.9 Å². The maximum atomic E-state index is 11.7. The largest absolute Gasteiger partial charge is 0.352 e. The highest BCUT2D eigenvalue weighted by atomic mass is 16.1. The van der Waals surface area contributed by atoms with E-state index in [0.717, 1.165) is 18.8 Å². The van der Waals surface area contributed by atoms with Crippen LogP contribution in [0.1, 0.15) is 52.9 Å². The van der Waals surface area contributed by atoms with E-state index in [2.05, 4.69) is 27.3 Å². The van der Waals surface area contributed by atoms with Crippen LogP contribution in [0.15, 0.2) is 12.1 Å². The van der Waals surface area contributed by atoms with Crippen LogP contribution >= 0.6 is 0 Å². The van der Waals surface area contributed by atoms with Crippen molar-refractivity contribution in [2.75, 3.05) is 16.8 Å². The van der Waals surface area contributed by atoms with Crippen molar-refractivity contribution in [1.82, 2.24) is 10.2 Å². The molecule has 1 aromatic rings. The monoisotopic (exact) mass is 290 g/mol. The van der Waals surface area contributed by atoms with Gasteiger partial charge in [-0.15, -0.1) is 10.2 Å². The van der Waals surface area contributed by atoms with Gasteiger partial charge < -0.3 is 10.2 Å². The molecule has 0 aromatic carbocycles. The second-order valence-electron chi connectivity index (χ2n) is 6.17. The third-order valence-corrected chi connectivity index (χ3v) is 3.90. The lowest BCUT2D eigenvalue weighted by atomic mass is 10.0. The summed E-state index contributed by atoms with van der Waals surface area (Å²) in [6.45, 7) is 7.31. The summed E-state index contributed by atoms with van der Waals surface area (Å²) in [5.41, 5.74) is 0. The average molecular weight is 290 g/mol. The van der Waals surface area contributed by atoms with Crippen LogP contribution in [-0.4, -0.2) is 28.7 Å². The molecule has 1 saturated heterocycles. The standard InChI is InChI=1S/C16H26N4O/c1-4-13-7-5-6-10-20(13)15-9-8-14(18-19-15)17-16(21)11-12(2)3/h8-9,12-13H,4-7,10-11H2,1-3H3,(H,17,18,21). The van der Waals surface area contributed by atoms with E-state index in [0.29, 0.717) is 24.2 Å². The third kappa shape index (κ3) is 4.41. The lowest BCUT2D eigenvalue weighted by molar-refractivity contribution is -0.116. The highest BCUT2D eigenvalue weighted by Gasteiger charge is 2.22. The number of aromatic nitrogens is 2. The molecule has 1 atom stereocenters. The highest BCUT2D eigenvalue weighted by molar-refractivity contribution is 5.89. The lowest BCUT2D eigenvalue weighted by Gasteiger charge is -2.35. The number of rotatable bonds is 5. The van der Waals surface area contributed by atoms with Gasteiger partial charge in [0.05, 0.1) is 0 Å². The zero-order chi connectivity index (χ0) is 15.2. The van der Waals surface area contributed by atoms with Gasteiger partial charge >= 0.3 is 0 Å². The predicted octanol–water partition coefficient (Wildman–Crippen LogP) is 3.23. The molecule has 0 radical (unpaired) electrons. The number of hydrogen-bond acceptors (Lipinski definition) is 4. The molecule has 116 valence electrons. The van der Waals surface area contributed by atoms with E-state index in [1.165, 1.54) is 19.3 Å². The smallest absolute Gasteiger partial charge is 0.225 e. The second kappa shape index (κ2) is 7.38. The maximum absolute atomic E-state index is 11.7. The SMILES string of the molecule is CCC1CCCCN1c1ccc(NC(=O)CC(C)C)nn1. The number of carbonyl (C=O) groups is 1. The van der Waals surface area contributed by atoms with Crippen molar-refractivity contribution in [1.29, 1.82) is 0 Å². The summed E-state index contributed by atoms with van der Waals surface area (Å²) in [5, 5.41) is 11.2. The fraction of sp³-hybridized carbons (Fsp3) is 0.688. The Morgan fingerprint density at radius 2 is 2.19 bits per heavy atom. The number of amides is 1. The van der Waals surface area contributed by atoms with E-state index >= 15 is 0 Å². The summed E-state index contributed by atoms with van der Waals surface area (Å²) < 4.78 is 0. The van der Waals surface area contributed by atoms with Crippen molar-refractivity contribution in [3.05, 3.63) is 12.1 Å². The Morgan fingerprint density at radius 3 is 2.81 bits per heavy atom. The van der Waals surface area contributed by atoms with E-state index < -0.39 is 0 Å². The minimum Gasteiger partial charge on any atom is -0.352 e. The minimum atomic E-state index is -0.00328. The quantitative estimate of drug-likeness (QED) is 0.904. The van der Waals surface area contributed by atoms with Gasteiger partial charge in [0.2, 0.25) is 5.91 Å². The Morgan fingerprint density at radius 1 is 1.38 bits per heavy atom. The molecule has 1 amide bonds. The molecular formula is C16H26N4O. The fourth-order valence-electron chi connectivity index (χ4n) is 2.84. The first-order valence-electron chi connectivity index (χ1n) is 8.00. The lowest BCUT2D eigenvalue weighted by Crippen LogP contribution is -2.39. The zero-order valence-corrected chi connectivity index (χ0v) is 13.3. The number of nitrogens with zero attached hydrogens (tertiary/aromatic N) is 3. The summed E-state index contributed by atoms with van der Waals surface area (Å²) in [6.07, 6.45) is 5.38. The molecule has 1 aliphatic rings. The van der Waals surface area contributed by atoms with Gasteiger partial charge in [0.1, 0.15) is 0 Å². The Balaban J connectivity index is 1.99. The minimum absolute atomic E-state index is 0.00328. The molecule has 0 aliphatic carbocycles. The van der Waals surface area contributed by atoms with Gasteiger partial charge in [-0.25, -0.2) is 0 Å². The van der Waals surface area contributed by atoms with Crippen molar-refractivity contribution in [3.8, 4) is 0 Å². The fourth-order valence-corrected chi connectivity index (χ4v) is 2.84. The van der Waals surface area contributed by atoms with Crippen LogP contribution in [0.3, 0.4) is 0 Å². The molecule has 2 rings (SSSR count). The Labute approximate surface area is 127 Å². The molecule has 0 bridgehead atoms. The van der Waals surface area contributed by atoms with Gasteiger partial charge in [0, 0.05) is 19.0 Å². The zero-order valence-electron chi connectivity index (χ0n) is 13.3. The molecule has 2 heterocycles. The molecular weight excluding hydrogens is 264 g/mol. The van der Waals surface area contributed by atoms with Crippen LogP contribution in [-0.2, 0) is 4.79 Å². The highest BCUT2D eigenvalue weighted by Crippen LogP contribution is 2.24. The summed E-state index contributed by atoms with van der Waals surface area (Å²) in [7, 11) is 0.